The molecule has 21 heavy (non-hydrogen) atoms. The molecule has 0 bridgehead atoms. The highest BCUT2D eigenvalue weighted by Gasteiger charge is 2.06. The summed E-state index contributed by atoms with van der Waals surface area (Å²) in [5, 5.41) is 11.9. The summed E-state index contributed by atoms with van der Waals surface area (Å²) in [6.07, 6.45) is 0. The van der Waals surface area contributed by atoms with Gasteiger partial charge in [-0.3, -0.25) is 0 Å². The van der Waals surface area contributed by atoms with Crippen molar-refractivity contribution in [3.8, 4) is 0 Å². The second-order valence-electron chi connectivity index (χ2n) is 5.70. The zero-order valence-electron chi connectivity index (χ0n) is 13.3. The summed E-state index contributed by atoms with van der Waals surface area (Å²) in [6.45, 7) is 7.97. The van der Waals surface area contributed by atoms with Gasteiger partial charge >= 0.3 is 0 Å². The summed E-state index contributed by atoms with van der Waals surface area (Å²) in [5.41, 5.74) is 3.58. The zero-order valence-corrected chi connectivity index (χ0v) is 13.3. The Morgan fingerprint density at radius 3 is 2.48 bits per heavy atom. The molecular formula is C17H24N4. The predicted molar refractivity (Wildman–Crippen MR) is 87.3 cm³/mol. The van der Waals surface area contributed by atoms with Crippen LogP contribution in [0.15, 0.2) is 36.4 Å². The molecule has 0 unspecified atom stereocenters. The first kappa shape index (κ1) is 15.4. The van der Waals surface area contributed by atoms with E-state index in [1.165, 1.54) is 11.1 Å². The molecule has 1 heterocycles. The van der Waals surface area contributed by atoms with Gasteiger partial charge in [0, 0.05) is 26.2 Å². The molecule has 2 aromatic rings. The molecule has 4 nitrogen and oxygen atoms in total. The predicted octanol–water partition coefficient (Wildman–Crippen LogP) is 2.92. The van der Waals surface area contributed by atoms with Gasteiger partial charge in [-0.25, -0.2) is 0 Å². The lowest BCUT2D eigenvalue weighted by atomic mass is 10.1. The first-order chi connectivity index (χ1) is 10.1. The van der Waals surface area contributed by atoms with Crippen molar-refractivity contribution in [2.45, 2.75) is 39.9 Å². The molecule has 112 valence electrons. The highest BCUT2D eigenvalue weighted by Crippen LogP contribution is 2.14. The van der Waals surface area contributed by atoms with Crippen LogP contribution in [0.5, 0.6) is 0 Å². The van der Waals surface area contributed by atoms with Gasteiger partial charge in [0.15, 0.2) is 5.82 Å². The van der Waals surface area contributed by atoms with Crippen LogP contribution in [0.1, 0.15) is 30.7 Å². The van der Waals surface area contributed by atoms with Crippen molar-refractivity contribution >= 4 is 5.82 Å². The van der Waals surface area contributed by atoms with Gasteiger partial charge in [-0.1, -0.05) is 38.1 Å². The van der Waals surface area contributed by atoms with Crippen LogP contribution < -0.4 is 10.2 Å². The maximum Gasteiger partial charge on any atom is 0.151 e. The number of nitrogens with one attached hydrogen (secondary N) is 1. The van der Waals surface area contributed by atoms with E-state index in [0.717, 1.165) is 24.6 Å². The highest BCUT2D eigenvalue weighted by molar-refractivity contribution is 5.39. The SMILES string of the molecule is Cc1ccccc1CN(C)c1ccc(CNC(C)C)nn1. The normalized spacial score (nSPS) is 10.9. The van der Waals surface area contributed by atoms with Crippen molar-refractivity contribution in [3.05, 3.63) is 53.2 Å². The van der Waals surface area contributed by atoms with Crippen molar-refractivity contribution in [1.29, 1.82) is 0 Å². The van der Waals surface area contributed by atoms with E-state index < -0.39 is 0 Å². The van der Waals surface area contributed by atoms with E-state index in [0.29, 0.717) is 6.04 Å². The molecule has 0 saturated heterocycles. The molecule has 0 saturated carbocycles. The number of rotatable bonds is 6. The van der Waals surface area contributed by atoms with Gasteiger partial charge < -0.3 is 10.2 Å². The van der Waals surface area contributed by atoms with E-state index in [1.807, 2.05) is 19.2 Å². The largest absolute Gasteiger partial charge is 0.354 e. The molecule has 2 rings (SSSR count). The Balaban J connectivity index is 2.00. The minimum absolute atomic E-state index is 0.454. The van der Waals surface area contributed by atoms with Gasteiger partial charge in [0.1, 0.15) is 0 Å². The van der Waals surface area contributed by atoms with Crippen LogP contribution in [0, 0.1) is 6.92 Å². The molecule has 0 aliphatic carbocycles. The molecule has 1 aromatic carbocycles. The van der Waals surface area contributed by atoms with Crippen LogP contribution in [-0.2, 0) is 13.1 Å². The summed E-state index contributed by atoms with van der Waals surface area (Å²) in [4.78, 5) is 2.12. The summed E-state index contributed by atoms with van der Waals surface area (Å²) < 4.78 is 0. The van der Waals surface area contributed by atoms with Crippen LogP contribution in [0.4, 0.5) is 5.82 Å². The topological polar surface area (TPSA) is 41.0 Å². The Bertz CT molecular complexity index is 563. The summed E-state index contributed by atoms with van der Waals surface area (Å²) in [5.74, 6) is 0.895. The zero-order chi connectivity index (χ0) is 15.2. The van der Waals surface area contributed by atoms with Crippen LogP contribution >= 0.6 is 0 Å². The van der Waals surface area contributed by atoms with E-state index in [1.54, 1.807) is 0 Å². The number of hydrogen-bond donors (Lipinski definition) is 1. The molecule has 0 aliphatic rings. The fraction of sp³-hybridized carbons (Fsp3) is 0.412. The second-order valence-corrected chi connectivity index (χ2v) is 5.70. The van der Waals surface area contributed by atoms with Gasteiger partial charge in [-0.05, 0) is 30.2 Å². The van der Waals surface area contributed by atoms with Crippen LogP contribution in [-0.4, -0.2) is 23.3 Å². The van der Waals surface area contributed by atoms with Crippen molar-refractivity contribution in [1.82, 2.24) is 15.5 Å². The molecule has 1 aromatic heterocycles. The molecule has 0 spiro atoms. The number of anilines is 1. The average molecular weight is 284 g/mol. The smallest absolute Gasteiger partial charge is 0.151 e. The van der Waals surface area contributed by atoms with E-state index in [2.05, 4.69) is 65.5 Å². The Labute approximate surface area is 127 Å². The lowest BCUT2D eigenvalue weighted by molar-refractivity contribution is 0.577. The average Bonchev–Trinajstić information content (AvgIpc) is 2.48. The van der Waals surface area contributed by atoms with Gasteiger partial charge in [0.2, 0.25) is 0 Å². The number of aromatic nitrogens is 2. The van der Waals surface area contributed by atoms with Gasteiger partial charge in [-0.2, -0.15) is 5.10 Å². The van der Waals surface area contributed by atoms with E-state index >= 15 is 0 Å². The Morgan fingerprint density at radius 1 is 1.10 bits per heavy atom. The van der Waals surface area contributed by atoms with Gasteiger partial charge in [-0.15, -0.1) is 5.10 Å². The minimum Gasteiger partial charge on any atom is -0.354 e. The monoisotopic (exact) mass is 284 g/mol. The lowest BCUT2D eigenvalue weighted by Gasteiger charge is -2.19. The van der Waals surface area contributed by atoms with Crippen LogP contribution in [0.3, 0.4) is 0 Å². The number of nitrogens with zero attached hydrogens (tertiary/aromatic N) is 3. The fourth-order valence-electron chi connectivity index (χ4n) is 2.08. The molecule has 0 fully saturated rings. The lowest BCUT2D eigenvalue weighted by Crippen LogP contribution is -2.23. The Morgan fingerprint density at radius 2 is 1.86 bits per heavy atom. The summed E-state index contributed by atoms with van der Waals surface area (Å²) in [7, 11) is 2.04. The maximum absolute atomic E-state index is 4.32. The molecule has 1 N–H and O–H groups in total. The van der Waals surface area contributed by atoms with Gasteiger partial charge in [0.05, 0.1) is 5.69 Å². The standard InChI is InChI=1S/C17H24N4/c1-13(2)18-11-16-9-10-17(20-19-16)21(4)12-15-8-6-5-7-14(15)3/h5-10,13,18H,11-12H2,1-4H3. The fourth-order valence-corrected chi connectivity index (χ4v) is 2.08. The highest BCUT2D eigenvalue weighted by atomic mass is 15.2. The van der Waals surface area contributed by atoms with Crippen molar-refractivity contribution < 1.29 is 0 Å². The van der Waals surface area contributed by atoms with Crippen LogP contribution in [0.2, 0.25) is 0 Å². The van der Waals surface area contributed by atoms with Crippen LogP contribution in [0.25, 0.3) is 0 Å². The summed E-state index contributed by atoms with van der Waals surface area (Å²) in [6, 6.07) is 12.9. The molecule has 0 radical (unpaired) electrons. The molecule has 0 atom stereocenters. The third-order valence-corrected chi connectivity index (χ3v) is 3.46. The molecule has 4 heteroatoms. The van der Waals surface area contributed by atoms with E-state index in [4.69, 9.17) is 0 Å². The van der Waals surface area contributed by atoms with Crippen molar-refractivity contribution in [3.63, 3.8) is 0 Å². The Hall–Kier alpha value is -1.94. The van der Waals surface area contributed by atoms with Crippen molar-refractivity contribution in [2.24, 2.45) is 0 Å². The molecule has 0 amide bonds. The summed E-state index contributed by atoms with van der Waals surface area (Å²) >= 11 is 0. The third-order valence-electron chi connectivity index (χ3n) is 3.46. The first-order valence-corrected chi connectivity index (χ1v) is 7.38. The second kappa shape index (κ2) is 7.18. The number of benzene rings is 1. The quantitative estimate of drug-likeness (QED) is 0.885. The third kappa shape index (κ3) is 4.53. The van der Waals surface area contributed by atoms with E-state index in [-0.39, 0.29) is 0 Å². The first-order valence-electron chi connectivity index (χ1n) is 7.38. The van der Waals surface area contributed by atoms with Crippen molar-refractivity contribution in [2.75, 3.05) is 11.9 Å². The molecular weight excluding hydrogens is 260 g/mol. The molecule has 0 aliphatic heterocycles. The minimum atomic E-state index is 0.454. The van der Waals surface area contributed by atoms with E-state index in [9.17, 15) is 0 Å². The van der Waals surface area contributed by atoms with Gasteiger partial charge in [0.25, 0.3) is 0 Å². The maximum atomic E-state index is 4.32. The Kier molecular flexibility index (Phi) is 5.28. The number of hydrogen-bond acceptors (Lipinski definition) is 4. The number of aryl methyl sites for hydroxylation is 1.